The molecule has 1 rings (SSSR count). The Kier molecular flexibility index (Phi) is 6.42. The Bertz CT molecular complexity index is 431. The zero-order chi connectivity index (χ0) is 14.3. The number of thioether (sulfide) groups is 1. The predicted octanol–water partition coefficient (Wildman–Crippen LogP) is 2.08. The van der Waals surface area contributed by atoms with Crippen molar-refractivity contribution in [2.45, 2.75) is 19.4 Å². The van der Waals surface area contributed by atoms with Crippen molar-refractivity contribution >= 4 is 23.6 Å². The van der Waals surface area contributed by atoms with Gasteiger partial charge in [0.05, 0.1) is 25.3 Å². The van der Waals surface area contributed by atoms with Gasteiger partial charge in [-0.05, 0) is 18.7 Å². The number of amides is 1. The average Bonchev–Trinajstić information content (AvgIpc) is 2.39. The third-order valence-corrected chi connectivity index (χ3v) is 3.24. The van der Waals surface area contributed by atoms with E-state index in [2.05, 4.69) is 10.1 Å². The number of nitrogens with one attached hydrogen (secondary N) is 1. The van der Waals surface area contributed by atoms with Gasteiger partial charge in [-0.15, -0.1) is 0 Å². The van der Waals surface area contributed by atoms with Gasteiger partial charge in [-0.2, -0.15) is 11.8 Å². The first-order chi connectivity index (χ1) is 9.06. The molecule has 0 fully saturated rings. The zero-order valence-corrected chi connectivity index (χ0v) is 12.3. The standard InChI is InChI=1S/C14H19NO3S/c1-10-4-6-11(7-5-10)12(8-14(17)18-2)15-13(16)9-19-3/h4-7,12H,8-9H2,1-3H3,(H,15,16)/t12-/m0/s1. The molecule has 0 unspecified atom stereocenters. The van der Waals surface area contributed by atoms with Gasteiger partial charge in [0, 0.05) is 0 Å². The van der Waals surface area contributed by atoms with Gasteiger partial charge in [-0.1, -0.05) is 29.8 Å². The monoisotopic (exact) mass is 281 g/mol. The number of carbonyl (C=O) groups excluding carboxylic acids is 2. The largest absolute Gasteiger partial charge is 0.469 e. The molecule has 0 bridgehead atoms. The lowest BCUT2D eigenvalue weighted by Gasteiger charge is -2.18. The van der Waals surface area contributed by atoms with E-state index in [0.717, 1.165) is 11.1 Å². The van der Waals surface area contributed by atoms with Gasteiger partial charge < -0.3 is 10.1 Å². The molecule has 104 valence electrons. The summed E-state index contributed by atoms with van der Waals surface area (Å²) in [5.74, 6) is -0.0409. The van der Waals surface area contributed by atoms with E-state index in [9.17, 15) is 9.59 Å². The predicted molar refractivity (Wildman–Crippen MR) is 77.1 cm³/mol. The molecule has 0 aliphatic rings. The molecule has 0 radical (unpaired) electrons. The number of benzene rings is 1. The molecule has 0 aromatic heterocycles. The molecule has 1 aromatic carbocycles. The maximum atomic E-state index is 11.7. The highest BCUT2D eigenvalue weighted by molar-refractivity contribution is 7.99. The number of methoxy groups -OCH3 is 1. The number of carbonyl (C=O) groups is 2. The SMILES string of the molecule is COC(=O)C[C@H](NC(=O)CSC)c1ccc(C)cc1. The Morgan fingerprint density at radius 3 is 2.47 bits per heavy atom. The molecule has 1 amide bonds. The van der Waals surface area contributed by atoms with E-state index < -0.39 is 0 Å². The molecular formula is C14H19NO3S. The summed E-state index contributed by atoms with van der Waals surface area (Å²) >= 11 is 1.45. The molecule has 4 nitrogen and oxygen atoms in total. The Morgan fingerprint density at radius 2 is 1.95 bits per heavy atom. The lowest BCUT2D eigenvalue weighted by atomic mass is 10.0. The summed E-state index contributed by atoms with van der Waals surface area (Å²) in [4.78, 5) is 23.1. The van der Waals surface area contributed by atoms with Crippen LogP contribution in [0, 0.1) is 6.92 Å². The van der Waals surface area contributed by atoms with E-state index in [1.807, 2.05) is 37.4 Å². The Balaban J connectivity index is 2.82. The normalized spacial score (nSPS) is 11.7. The Labute approximate surface area is 117 Å². The van der Waals surface area contributed by atoms with Crippen LogP contribution < -0.4 is 5.32 Å². The van der Waals surface area contributed by atoms with Gasteiger partial charge in [-0.25, -0.2) is 0 Å². The van der Waals surface area contributed by atoms with Crippen LogP contribution in [0.2, 0.25) is 0 Å². The van der Waals surface area contributed by atoms with Crippen molar-refractivity contribution in [1.82, 2.24) is 5.32 Å². The van der Waals surface area contributed by atoms with E-state index in [4.69, 9.17) is 0 Å². The number of ether oxygens (including phenoxy) is 1. The molecule has 19 heavy (non-hydrogen) atoms. The highest BCUT2D eigenvalue weighted by Gasteiger charge is 2.18. The summed E-state index contributed by atoms with van der Waals surface area (Å²) in [7, 11) is 1.35. The minimum absolute atomic E-state index is 0.0815. The van der Waals surface area contributed by atoms with Crippen molar-refractivity contribution in [1.29, 1.82) is 0 Å². The minimum Gasteiger partial charge on any atom is -0.469 e. The second-order valence-electron chi connectivity index (χ2n) is 4.24. The molecule has 0 aliphatic heterocycles. The fourth-order valence-electron chi connectivity index (χ4n) is 1.67. The Morgan fingerprint density at radius 1 is 1.32 bits per heavy atom. The summed E-state index contributed by atoms with van der Waals surface area (Å²) in [6.07, 6.45) is 2.00. The summed E-state index contributed by atoms with van der Waals surface area (Å²) in [5.41, 5.74) is 2.04. The van der Waals surface area contributed by atoms with Crippen molar-refractivity contribution in [3.63, 3.8) is 0 Å². The van der Waals surface area contributed by atoms with Crippen LogP contribution in [0.3, 0.4) is 0 Å². The van der Waals surface area contributed by atoms with E-state index in [-0.39, 0.29) is 24.3 Å². The number of hydrogen-bond acceptors (Lipinski definition) is 4. The number of aryl methyl sites for hydroxylation is 1. The van der Waals surface area contributed by atoms with Crippen molar-refractivity contribution in [3.05, 3.63) is 35.4 Å². The molecule has 1 atom stereocenters. The first-order valence-electron chi connectivity index (χ1n) is 5.98. The minimum atomic E-state index is -0.340. The van der Waals surface area contributed by atoms with Gasteiger partial charge in [-0.3, -0.25) is 9.59 Å². The maximum absolute atomic E-state index is 11.7. The van der Waals surface area contributed by atoms with E-state index >= 15 is 0 Å². The maximum Gasteiger partial charge on any atom is 0.307 e. The van der Waals surface area contributed by atoms with Crippen LogP contribution >= 0.6 is 11.8 Å². The van der Waals surface area contributed by atoms with Gasteiger partial charge in [0.1, 0.15) is 0 Å². The highest BCUT2D eigenvalue weighted by Crippen LogP contribution is 2.18. The second kappa shape index (κ2) is 7.84. The molecule has 1 N–H and O–H groups in total. The number of rotatable bonds is 6. The van der Waals surface area contributed by atoms with Crippen molar-refractivity contribution in [3.8, 4) is 0 Å². The number of hydrogen-bond donors (Lipinski definition) is 1. The summed E-state index contributed by atoms with van der Waals surface area (Å²) < 4.78 is 4.67. The van der Waals surface area contributed by atoms with Gasteiger partial charge in [0.15, 0.2) is 0 Å². The lowest BCUT2D eigenvalue weighted by Crippen LogP contribution is -2.31. The first kappa shape index (κ1) is 15.6. The summed E-state index contributed by atoms with van der Waals surface area (Å²) in [6, 6.07) is 7.42. The average molecular weight is 281 g/mol. The van der Waals surface area contributed by atoms with Crippen LogP contribution in [0.25, 0.3) is 0 Å². The third-order valence-electron chi connectivity index (χ3n) is 2.69. The summed E-state index contributed by atoms with van der Waals surface area (Å²) in [6.45, 7) is 1.99. The lowest BCUT2D eigenvalue weighted by molar-refractivity contribution is -0.141. The number of esters is 1. The van der Waals surface area contributed by atoms with E-state index in [1.54, 1.807) is 0 Å². The van der Waals surface area contributed by atoms with Crippen LogP contribution in [0.15, 0.2) is 24.3 Å². The van der Waals surface area contributed by atoms with E-state index in [0.29, 0.717) is 5.75 Å². The fraction of sp³-hybridized carbons (Fsp3) is 0.429. The zero-order valence-electron chi connectivity index (χ0n) is 11.4. The Hall–Kier alpha value is -1.49. The van der Waals surface area contributed by atoms with Gasteiger partial charge in [0.2, 0.25) is 5.91 Å². The quantitative estimate of drug-likeness (QED) is 0.811. The molecule has 5 heteroatoms. The van der Waals surface area contributed by atoms with Gasteiger partial charge >= 0.3 is 5.97 Å². The third kappa shape index (κ3) is 5.34. The molecule has 0 aliphatic carbocycles. The van der Waals surface area contributed by atoms with Crippen LogP contribution in [-0.4, -0.2) is 31.0 Å². The molecule has 0 heterocycles. The van der Waals surface area contributed by atoms with Crippen LogP contribution in [0.1, 0.15) is 23.6 Å². The molecule has 0 saturated carbocycles. The fourth-order valence-corrected chi connectivity index (χ4v) is 2.01. The molecular weight excluding hydrogens is 262 g/mol. The van der Waals surface area contributed by atoms with Gasteiger partial charge in [0.25, 0.3) is 0 Å². The molecule has 0 spiro atoms. The first-order valence-corrected chi connectivity index (χ1v) is 7.38. The van der Waals surface area contributed by atoms with Crippen molar-refractivity contribution in [2.75, 3.05) is 19.1 Å². The topological polar surface area (TPSA) is 55.4 Å². The smallest absolute Gasteiger partial charge is 0.307 e. The highest BCUT2D eigenvalue weighted by atomic mass is 32.2. The van der Waals surface area contributed by atoms with Crippen molar-refractivity contribution in [2.24, 2.45) is 0 Å². The van der Waals surface area contributed by atoms with Crippen molar-refractivity contribution < 1.29 is 14.3 Å². The molecule has 1 aromatic rings. The molecule has 0 saturated heterocycles. The van der Waals surface area contributed by atoms with Crippen LogP contribution in [0.5, 0.6) is 0 Å². The van der Waals surface area contributed by atoms with E-state index in [1.165, 1.54) is 18.9 Å². The summed E-state index contributed by atoms with van der Waals surface area (Å²) in [5, 5.41) is 2.86. The van der Waals surface area contributed by atoms with Crippen LogP contribution in [-0.2, 0) is 14.3 Å². The van der Waals surface area contributed by atoms with Crippen LogP contribution in [0.4, 0.5) is 0 Å². The second-order valence-corrected chi connectivity index (χ2v) is 5.11.